The molecule has 3 rings (SSSR count). The molecule has 1 saturated heterocycles. The van der Waals surface area contributed by atoms with E-state index in [1.807, 2.05) is 36.4 Å². The summed E-state index contributed by atoms with van der Waals surface area (Å²) in [6.45, 7) is 10.3. The first-order valence-electron chi connectivity index (χ1n) is 10.4. The van der Waals surface area contributed by atoms with E-state index in [2.05, 4.69) is 29.0 Å². The molecule has 2 aromatic rings. The van der Waals surface area contributed by atoms with Gasteiger partial charge in [0.1, 0.15) is 18.1 Å². The molecule has 1 aliphatic rings. The molecule has 1 atom stereocenters. The Morgan fingerprint density at radius 2 is 2.00 bits per heavy atom. The van der Waals surface area contributed by atoms with Crippen LogP contribution in [0.1, 0.15) is 25.1 Å². The zero-order valence-electron chi connectivity index (χ0n) is 17.8. The molecule has 1 aromatic carbocycles. The summed E-state index contributed by atoms with van der Waals surface area (Å²) in [7, 11) is 1.69. The number of aromatic nitrogens is 1. The first kappa shape index (κ1) is 21.6. The van der Waals surface area contributed by atoms with Crippen molar-refractivity contribution in [1.29, 1.82) is 0 Å². The summed E-state index contributed by atoms with van der Waals surface area (Å²) in [5.74, 6) is 2.27. The second-order valence-electron chi connectivity index (χ2n) is 7.67. The van der Waals surface area contributed by atoms with Gasteiger partial charge in [-0.25, -0.2) is 0 Å². The molecule has 0 spiro atoms. The molecule has 1 unspecified atom stereocenters. The molecular formula is C23H33N3O3. The largest absolute Gasteiger partial charge is 0.497 e. The third kappa shape index (κ3) is 6.42. The topological polar surface area (TPSA) is 55.9 Å². The lowest BCUT2D eigenvalue weighted by Gasteiger charge is -2.37. The minimum absolute atomic E-state index is 0.447. The van der Waals surface area contributed by atoms with E-state index < -0.39 is 0 Å². The van der Waals surface area contributed by atoms with Crippen LogP contribution in [0.15, 0.2) is 42.6 Å². The number of nitrogens with zero attached hydrogens (tertiary/aromatic N) is 2. The number of morpholine rings is 1. The second-order valence-corrected chi connectivity index (χ2v) is 7.67. The van der Waals surface area contributed by atoms with Crippen LogP contribution in [-0.2, 0) is 17.9 Å². The van der Waals surface area contributed by atoms with Crippen LogP contribution in [0.4, 0.5) is 0 Å². The third-order valence-corrected chi connectivity index (χ3v) is 5.32. The molecule has 6 heteroatoms. The zero-order valence-corrected chi connectivity index (χ0v) is 17.8. The molecule has 2 heterocycles. The van der Waals surface area contributed by atoms with Crippen LogP contribution in [-0.4, -0.2) is 55.9 Å². The Hall–Kier alpha value is -2.15. The Balaban J connectivity index is 1.61. The summed E-state index contributed by atoms with van der Waals surface area (Å²) < 4.78 is 17.0. The molecule has 158 valence electrons. The van der Waals surface area contributed by atoms with E-state index in [1.54, 1.807) is 13.3 Å². The van der Waals surface area contributed by atoms with Crippen LogP contribution >= 0.6 is 0 Å². The first-order chi connectivity index (χ1) is 14.2. The first-order valence-corrected chi connectivity index (χ1v) is 10.4. The number of benzene rings is 1. The predicted octanol–water partition coefficient (Wildman–Crippen LogP) is 3.12. The van der Waals surface area contributed by atoms with Gasteiger partial charge in [-0.2, -0.15) is 0 Å². The van der Waals surface area contributed by atoms with Crippen molar-refractivity contribution in [1.82, 2.24) is 15.2 Å². The lowest BCUT2D eigenvalue weighted by Crippen LogP contribution is -2.50. The summed E-state index contributed by atoms with van der Waals surface area (Å²) in [4.78, 5) is 6.87. The molecule has 1 N–H and O–H groups in total. The maximum Gasteiger partial charge on any atom is 0.130 e. The molecule has 0 radical (unpaired) electrons. The predicted molar refractivity (Wildman–Crippen MR) is 114 cm³/mol. The molecule has 6 nitrogen and oxygen atoms in total. The summed E-state index contributed by atoms with van der Waals surface area (Å²) in [6.07, 6.45) is 1.78. The number of hydrogen-bond donors (Lipinski definition) is 1. The van der Waals surface area contributed by atoms with Gasteiger partial charge in [-0.05, 0) is 36.2 Å². The molecule has 0 aliphatic carbocycles. The van der Waals surface area contributed by atoms with Crippen LogP contribution in [0.2, 0.25) is 0 Å². The van der Waals surface area contributed by atoms with Crippen molar-refractivity contribution < 1.29 is 14.2 Å². The number of pyridine rings is 1. The van der Waals surface area contributed by atoms with Gasteiger partial charge in [0.15, 0.2) is 0 Å². The van der Waals surface area contributed by atoms with Gasteiger partial charge >= 0.3 is 0 Å². The Morgan fingerprint density at radius 1 is 1.17 bits per heavy atom. The molecule has 0 saturated carbocycles. The fourth-order valence-electron chi connectivity index (χ4n) is 3.65. The number of methoxy groups -OCH3 is 1. The molecule has 1 fully saturated rings. The minimum atomic E-state index is 0.447. The average molecular weight is 400 g/mol. The molecule has 1 aromatic heterocycles. The zero-order chi connectivity index (χ0) is 20.5. The standard InChI is InChI=1S/C23H33N3O3/c1-18(2)22(26-10-12-28-13-11-26)16-24-15-19-14-21(27-3)7-8-23(19)29-17-20-6-4-5-9-25-20/h4-9,14,18,22,24H,10-13,15-17H2,1-3H3. The van der Waals surface area contributed by atoms with Gasteiger partial charge in [-0.15, -0.1) is 0 Å². The van der Waals surface area contributed by atoms with Crippen LogP contribution in [0.5, 0.6) is 11.5 Å². The smallest absolute Gasteiger partial charge is 0.130 e. The SMILES string of the molecule is COc1ccc(OCc2ccccn2)c(CNCC(C(C)C)N2CCOCC2)c1. The summed E-state index contributed by atoms with van der Waals surface area (Å²) in [6, 6.07) is 12.3. The van der Waals surface area contributed by atoms with E-state index in [0.717, 1.165) is 62.1 Å². The molecule has 1 aliphatic heterocycles. The van der Waals surface area contributed by atoms with Crippen molar-refractivity contribution in [3.63, 3.8) is 0 Å². The highest BCUT2D eigenvalue weighted by molar-refractivity contribution is 5.40. The van der Waals surface area contributed by atoms with E-state index in [1.165, 1.54) is 0 Å². The Kier molecular flexibility index (Phi) is 8.28. The average Bonchev–Trinajstić information content (AvgIpc) is 2.76. The number of rotatable bonds is 10. The number of nitrogens with one attached hydrogen (secondary N) is 1. The summed E-state index contributed by atoms with van der Waals surface area (Å²) >= 11 is 0. The van der Waals surface area contributed by atoms with Gasteiger partial charge < -0.3 is 19.5 Å². The maximum atomic E-state index is 6.06. The van der Waals surface area contributed by atoms with E-state index in [0.29, 0.717) is 18.6 Å². The van der Waals surface area contributed by atoms with Crippen molar-refractivity contribution >= 4 is 0 Å². The molecule has 29 heavy (non-hydrogen) atoms. The van der Waals surface area contributed by atoms with Crippen molar-refractivity contribution in [2.45, 2.75) is 33.0 Å². The molecule has 0 amide bonds. The van der Waals surface area contributed by atoms with Crippen LogP contribution in [0, 0.1) is 5.92 Å². The van der Waals surface area contributed by atoms with E-state index in [9.17, 15) is 0 Å². The molecular weight excluding hydrogens is 366 g/mol. The van der Waals surface area contributed by atoms with Gasteiger partial charge in [-0.3, -0.25) is 9.88 Å². The van der Waals surface area contributed by atoms with Crippen LogP contribution < -0.4 is 14.8 Å². The van der Waals surface area contributed by atoms with Crippen molar-refractivity contribution in [3.8, 4) is 11.5 Å². The lowest BCUT2D eigenvalue weighted by molar-refractivity contribution is 0.00647. The lowest BCUT2D eigenvalue weighted by atomic mass is 10.0. The van der Waals surface area contributed by atoms with Gasteiger partial charge in [0.2, 0.25) is 0 Å². The van der Waals surface area contributed by atoms with Crippen molar-refractivity contribution in [2.24, 2.45) is 5.92 Å². The minimum Gasteiger partial charge on any atom is -0.497 e. The normalized spacial score (nSPS) is 16.0. The number of ether oxygens (including phenoxy) is 3. The summed E-state index contributed by atoms with van der Waals surface area (Å²) in [5, 5.41) is 3.64. The Bertz CT molecular complexity index is 733. The van der Waals surface area contributed by atoms with Gasteiger partial charge in [-0.1, -0.05) is 19.9 Å². The monoisotopic (exact) mass is 399 g/mol. The Labute approximate surface area is 174 Å². The fraction of sp³-hybridized carbons (Fsp3) is 0.522. The maximum absolute atomic E-state index is 6.06. The van der Waals surface area contributed by atoms with Crippen LogP contribution in [0.25, 0.3) is 0 Å². The highest BCUT2D eigenvalue weighted by atomic mass is 16.5. The quantitative estimate of drug-likeness (QED) is 0.663. The van der Waals surface area contributed by atoms with E-state index >= 15 is 0 Å². The summed E-state index contributed by atoms with van der Waals surface area (Å²) in [5.41, 5.74) is 2.00. The molecule has 0 bridgehead atoms. The van der Waals surface area contributed by atoms with Gasteiger partial charge in [0.05, 0.1) is 26.0 Å². The highest BCUT2D eigenvalue weighted by Crippen LogP contribution is 2.25. The van der Waals surface area contributed by atoms with Crippen LogP contribution in [0.3, 0.4) is 0 Å². The van der Waals surface area contributed by atoms with Crippen molar-refractivity contribution in [2.75, 3.05) is 40.0 Å². The third-order valence-electron chi connectivity index (χ3n) is 5.32. The fourth-order valence-corrected chi connectivity index (χ4v) is 3.65. The van der Waals surface area contributed by atoms with Gasteiger partial charge in [0.25, 0.3) is 0 Å². The highest BCUT2D eigenvalue weighted by Gasteiger charge is 2.23. The Morgan fingerprint density at radius 3 is 2.69 bits per heavy atom. The van der Waals surface area contributed by atoms with E-state index in [4.69, 9.17) is 14.2 Å². The van der Waals surface area contributed by atoms with Gasteiger partial charge in [0, 0.05) is 44.0 Å². The van der Waals surface area contributed by atoms with Crippen molar-refractivity contribution in [3.05, 3.63) is 53.9 Å². The number of hydrogen-bond acceptors (Lipinski definition) is 6. The van der Waals surface area contributed by atoms with E-state index in [-0.39, 0.29) is 0 Å². The second kappa shape index (κ2) is 11.1.